The van der Waals surface area contributed by atoms with Gasteiger partial charge in [0.15, 0.2) is 0 Å². The molecule has 0 aromatic heterocycles. The van der Waals surface area contributed by atoms with Gasteiger partial charge in [0.25, 0.3) is 0 Å². The second kappa shape index (κ2) is 8.07. The molecule has 0 fully saturated rings. The van der Waals surface area contributed by atoms with Crippen LogP contribution in [0.5, 0.6) is 0 Å². The molecular weight excluding hydrogens is 385 g/mol. The molecule has 0 aliphatic carbocycles. The summed E-state index contributed by atoms with van der Waals surface area (Å²) in [6, 6.07) is 40.5. The standard InChI is InChI=1S/C27H25NOP/c29-27-24-18-10-11-19-25(24)28-20-26(27)30(21-12-4-1-5-13-21,22-14-6-2-7-15-22)23-16-8-3-9-17-23/h1-19,26-29H,20H2/q+1. The van der Waals surface area contributed by atoms with Crippen LogP contribution in [0.3, 0.4) is 0 Å². The minimum absolute atomic E-state index is 0.0274. The van der Waals surface area contributed by atoms with Gasteiger partial charge in [0.05, 0.1) is 6.54 Å². The fraction of sp³-hybridized carbons (Fsp3) is 0.111. The summed E-state index contributed by atoms with van der Waals surface area (Å²) >= 11 is 0. The van der Waals surface area contributed by atoms with Crippen LogP contribution < -0.4 is 21.2 Å². The number of nitrogens with one attached hydrogen (secondary N) is 1. The van der Waals surface area contributed by atoms with E-state index in [-0.39, 0.29) is 5.66 Å². The maximum absolute atomic E-state index is 11.7. The molecule has 1 heterocycles. The van der Waals surface area contributed by atoms with Gasteiger partial charge in [-0.2, -0.15) is 0 Å². The van der Waals surface area contributed by atoms with Gasteiger partial charge in [-0.3, -0.25) is 0 Å². The first kappa shape index (κ1) is 19.1. The SMILES string of the molecule is OC1c2ccccc2NCC1[P+](c1ccccc1)(c1ccccc1)c1ccccc1. The van der Waals surface area contributed by atoms with Gasteiger partial charge in [0, 0.05) is 11.3 Å². The zero-order valence-electron chi connectivity index (χ0n) is 16.7. The van der Waals surface area contributed by atoms with Crippen molar-refractivity contribution in [2.45, 2.75) is 11.8 Å². The Balaban J connectivity index is 1.81. The van der Waals surface area contributed by atoms with Crippen molar-refractivity contribution in [1.29, 1.82) is 0 Å². The topological polar surface area (TPSA) is 32.3 Å². The Hall–Kier alpha value is -2.93. The lowest BCUT2D eigenvalue weighted by Crippen LogP contribution is -2.46. The monoisotopic (exact) mass is 410 g/mol. The number of anilines is 1. The molecule has 1 aliphatic rings. The summed E-state index contributed by atoms with van der Waals surface area (Å²) in [4.78, 5) is 0. The van der Waals surface area contributed by atoms with E-state index >= 15 is 0 Å². The summed E-state index contributed by atoms with van der Waals surface area (Å²) in [5.41, 5.74) is 2.05. The fourth-order valence-electron chi connectivity index (χ4n) is 4.81. The summed E-state index contributed by atoms with van der Waals surface area (Å²) in [6.45, 7) is 0.727. The van der Waals surface area contributed by atoms with Crippen molar-refractivity contribution >= 4 is 28.9 Å². The number of fused-ring (bicyclic) bond motifs is 1. The molecule has 2 unspecified atom stereocenters. The Morgan fingerprint density at radius 1 is 0.600 bits per heavy atom. The molecule has 5 rings (SSSR count). The smallest absolute Gasteiger partial charge is 0.131 e. The van der Waals surface area contributed by atoms with Crippen LogP contribution in [-0.2, 0) is 0 Å². The van der Waals surface area contributed by atoms with Crippen LogP contribution in [0.25, 0.3) is 0 Å². The highest BCUT2D eigenvalue weighted by Crippen LogP contribution is 2.63. The Morgan fingerprint density at radius 3 is 1.53 bits per heavy atom. The third-order valence-corrected chi connectivity index (χ3v) is 10.9. The number of benzene rings is 4. The van der Waals surface area contributed by atoms with E-state index in [9.17, 15) is 5.11 Å². The molecule has 148 valence electrons. The molecule has 0 bridgehead atoms. The molecule has 0 amide bonds. The number of hydrogen-bond acceptors (Lipinski definition) is 2. The quantitative estimate of drug-likeness (QED) is 0.485. The molecule has 4 aromatic rings. The Morgan fingerprint density at radius 2 is 1.03 bits per heavy atom. The summed E-state index contributed by atoms with van der Waals surface area (Å²) in [5.74, 6) is 0. The highest BCUT2D eigenvalue weighted by atomic mass is 31.2. The van der Waals surface area contributed by atoms with Crippen LogP contribution in [0, 0.1) is 0 Å². The normalized spacial score (nSPS) is 18.3. The predicted molar refractivity (Wildman–Crippen MR) is 129 cm³/mol. The summed E-state index contributed by atoms with van der Waals surface area (Å²) in [5, 5.41) is 19.3. The molecule has 30 heavy (non-hydrogen) atoms. The van der Waals surface area contributed by atoms with Gasteiger partial charge in [-0.15, -0.1) is 0 Å². The van der Waals surface area contributed by atoms with E-state index in [1.165, 1.54) is 15.9 Å². The van der Waals surface area contributed by atoms with E-state index < -0.39 is 13.4 Å². The van der Waals surface area contributed by atoms with E-state index in [0.717, 1.165) is 17.8 Å². The highest BCUT2D eigenvalue weighted by molar-refractivity contribution is 7.96. The van der Waals surface area contributed by atoms with Gasteiger partial charge in [-0.1, -0.05) is 72.8 Å². The number of rotatable bonds is 4. The molecule has 0 spiro atoms. The van der Waals surface area contributed by atoms with Crippen molar-refractivity contribution in [3.63, 3.8) is 0 Å². The predicted octanol–water partition coefficient (Wildman–Crippen LogP) is 4.51. The molecule has 1 aliphatic heterocycles. The summed E-state index contributed by atoms with van der Waals surface area (Å²) in [6.07, 6.45) is -0.545. The van der Waals surface area contributed by atoms with E-state index in [1.807, 2.05) is 12.1 Å². The molecule has 3 heteroatoms. The Labute approximate surface area is 178 Å². The number of aliphatic hydroxyl groups excluding tert-OH is 1. The van der Waals surface area contributed by atoms with Crippen molar-refractivity contribution in [3.8, 4) is 0 Å². The molecule has 0 saturated carbocycles. The maximum atomic E-state index is 11.7. The van der Waals surface area contributed by atoms with Crippen LogP contribution in [0.15, 0.2) is 115 Å². The van der Waals surface area contributed by atoms with E-state index in [2.05, 4.69) is 108 Å². The van der Waals surface area contributed by atoms with Gasteiger partial charge in [-0.05, 0) is 42.5 Å². The van der Waals surface area contributed by atoms with Crippen molar-refractivity contribution in [1.82, 2.24) is 0 Å². The Bertz CT molecular complexity index is 1020. The van der Waals surface area contributed by atoms with Crippen LogP contribution in [-0.4, -0.2) is 17.3 Å². The molecule has 0 radical (unpaired) electrons. The second-order valence-corrected chi connectivity index (χ2v) is 11.4. The van der Waals surface area contributed by atoms with E-state index in [4.69, 9.17) is 0 Å². The lowest BCUT2D eigenvalue weighted by Gasteiger charge is -2.40. The van der Waals surface area contributed by atoms with Crippen LogP contribution in [0.4, 0.5) is 5.69 Å². The Kier molecular flexibility index (Phi) is 5.12. The number of aliphatic hydroxyl groups is 1. The van der Waals surface area contributed by atoms with Crippen molar-refractivity contribution in [3.05, 3.63) is 121 Å². The first-order valence-corrected chi connectivity index (χ1v) is 12.2. The molecule has 0 saturated heterocycles. The molecule has 2 atom stereocenters. The first-order valence-electron chi connectivity index (χ1n) is 10.4. The lowest BCUT2D eigenvalue weighted by molar-refractivity contribution is 0.173. The summed E-state index contributed by atoms with van der Waals surface area (Å²) in [7, 11) is -2.15. The third-order valence-electron chi connectivity index (χ3n) is 6.13. The van der Waals surface area contributed by atoms with Gasteiger partial charge in [0.1, 0.15) is 34.9 Å². The molecule has 2 nitrogen and oxygen atoms in total. The van der Waals surface area contributed by atoms with Gasteiger partial charge >= 0.3 is 0 Å². The largest absolute Gasteiger partial charge is 0.384 e. The molecular formula is C27H25NOP+. The average molecular weight is 410 g/mol. The number of hydrogen-bond donors (Lipinski definition) is 2. The second-order valence-electron chi connectivity index (χ2n) is 7.71. The average Bonchev–Trinajstić information content (AvgIpc) is 2.83. The fourth-order valence-corrected chi connectivity index (χ4v) is 9.73. The van der Waals surface area contributed by atoms with Gasteiger partial charge in [-0.25, -0.2) is 0 Å². The van der Waals surface area contributed by atoms with Crippen LogP contribution in [0.1, 0.15) is 11.7 Å². The van der Waals surface area contributed by atoms with Crippen molar-refractivity contribution in [2.75, 3.05) is 11.9 Å². The molecule has 2 N–H and O–H groups in total. The van der Waals surface area contributed by atoms with Crippen LogP contribution in [0.2, 0.25) is 0 Å². The zero-order valence-corrected chi connectivity index (χ0v) is 17.6. The third kappa shape index (κ3) is 3.04. The zero-order chi connectivity index (χ0) is 20.4. The first-order chi connectivity index (χ1) is 14.8. The number of para-hydroxylation sites is 1. The maximum Gasteiger partial charge on any atom is 0.131 e. The summed E-state index contributed by atoms with van der Waals surface area (Å²) < 4.78 is 0. The molecule has 4 aromatic carbocycles. The van der Waals surface area contributed by atoms with Crippen LogP contribution >= 0.6 is 7.26 Å². The van der Waals surface area contributed by atoms with Crippen molar-refractivity contribution < 1.29 is 5.11 Å². The lowest BCUT2D eigenvalue weighted by atomic mass is 10.0. The van der Waals surface area contributed by atoms with Crippen molar-refractivity contribution in [2.24, 2.45) is 0 Å². The minimum atomic E-state index is -2.15. The van der Waals surface area contributed by atoms with E-state index in [1.54, 1.807) is 0 Å². The van der Waals surface area contributed by atoms with Gasteiger partial charge < -0.3 is 10.4 Å². The minimum Gasteiger partial charge on any atom is -0.384 e. The van der Waals surface area contributed by atoms with E-state index in [0.29, 0.717) is 0 Å². The van der Waals surface area contributed by atoms with Gasteiger partial charge in [0.2, 0.25) is 0 Å². The highest BCUT2D eigenvalue weighted by Gasteiger charge is 2.56.